The van der Waals surface area contributed by atoms with Crippen LogP contribution in [0.4, 0.5) is 0 Å². The molecule has 0 amide bonds. The third-order valence-electron chi connectivity index (χ3n) is 1.88. The number of carbonyl (C=O) groups is 3. The SMILES string of the molecule is C=CC(=O)OCC(COC(=O)C=C)OC(=O)C(O)CO. The van der Waals surface area contributed by atoms with Crippen LogP contribution in [0.3, 0.4) is 0 Å². The Hall–Kier alpha value is -2.19. The van der Waals surface area contributed by atoms with Gasteiger partial charge in [0, 0.05) is 12.2 Å². The highest BCUT2D eigenvalue weighted by molar-refractivity contribution is 5.81. The predicted octanol–water partition coefficient (Wildman–Crippen LogP) is -1.29. The van der Waals surface area contributed by atoms with E-state index in [9.17, 15) is 14.4 Å². The summed E-state index contributed by atoms with van der Waals surface area (Å²) in [6, 6.07) is 0. The summed E-state index contributed by atoms with van der Waals surface area (Å²) in [6.07, 6.45) is -1.06. The number of aliphatic hydroxyl groups excluding tert-OH is 2. The van der Waals surface area contributed by atoms with Gasteiger partial charge in [0.1, 0.15) is 13.2 Å². The molecule has 0 aromatic carbocycles. The van der Waals surface area contributed by atoms with E-state index in [1.54, 1.807) is 0 Å². The molecule has 0 aliphatic heterocycles. The first kappa shape index (κ1) is 17.8. The van der Waals surface area contributed by atoms with Crippen molar-refractivity contribution in [3.63, 3.8) is 0 Å². The lowest BCUT2D eigenvalue weighted by atomic mass is 10.3. The molecule has 0 aromatic heterocycles. The lowest BCUT2D eigenvalue weighted by Gasteiger charge is -2.18. The van der Waals surface area contributed by atoms with E-state index in [0.717, 1.165) is 12.2 Å². The summed E-state index contributed by atoms with van der Waals surface area (Å²) < 4.78 is 14.0. The Labute approximate surface area is 115 Å². The molecule has 0 radical (unpaired) electrons. The zero-order valence-corrected chi connectivity index (χ0v) is 10.7. The van der Waals surface area contributed by atoms with E-state index >= 15 is 0 Å². The molecule has 0 fully saturated rings. The zero-order valence-electron chi connectivity index (χ0n) is 10.7. The molecule has 20 heavy (non-hydrogen) atoms. The Kier molecular flexibility index (Phi) is 8.64. The van der Waals surface area contributed by atoms with Gasteiger partial charge < -0.3 is 24.4 Å². The molecule has 0 aliphatic rings. The zero-order chi connectivity index (χ0) is 15.5. The van der Waals surface area contributed by atoms with Crippen LogP contribution in [0.15, 0.2) is 25.3 Å². The summed E-state index contributed by atoms with van der Waals surface area (Å²) in [5.41, 5.74) is 0. The second kappa shape index (κ2) is 9.70. The molecule has 0 saturated heterocycles. The fourth-order valence-electron chi connectivity index (χ4n) is 0.902. The van der Waals surface area contributed by atoms with Crippen molar-refractivity contribution >= 4 is 17.9 Å². The Morgan fingerprint density at radius 1 is 1.05 bits per heavy atom. The number of esters is 3. The fraction of sp³-hybridized carbons (Fsp3) is 0.417. The number of hydrogen-bond acceptors (Lipinski definition) is 8. The lowest BCUT2D eigenvalue weighted by Crippen LogP contribution is -2.36. The van der Waals surface area contributed by atoms with Gasteiger partial charge in [-0.05, 0) is 0 Å². The van der Waals surface area contributed by atoms with Gasteiger partial charge in [0.25, 0.3) is 0 Å². The molecule has 0 saturated carbocycles. The molecule has 0 bridgehead atoms. The molecule has 0 spiro atoms. The average molecular weight is 288 g/mol. The molecular weight excluding hydrogens is 272 g/mol. The third-order valence-corrected chi connectivity index (χ3v) is 1.88. The van der Waals surface area contributed by atoms with Gasteiger partial charge in [-0.1, -0.05) is 13.2 Å². The van der Waals surface area contributed by atoms with Crippen LogP contribution >= 0.6 is 0 Å². The predicted molar refractivity (Wildman–Crippen MR) is 65.3 cm³/mol. The molecule has 0 aliphatic carbocycles. The van der Waals surface area contributed by atoms with Crippen LogP contribution in [0.5, 0.6) is 0 Å². The molecule has 1 unspecified atom stereocenters. The third kappa shape index (κ3) is 7.29. The Bertz CT molecular complexity index is 352. The summed E-state index contributed by atoms with van der Waals surface area (Å²) in [4.78, 5) is 33.0. The minimum absolute atomic E-state index is 0.404. The van der Waals surface area contributed by atoms with E-state index < -0.39 is 49.9 Å². The van der Waals surface area contributed by atoms with Gasteiger partial charge in [-0.2, -0.15) is 0 Å². The largest absolute Gasteiger partial charge is 0.458 e. The minimum Gasteiger partial charge on any atom is -0.458 e. The maximum absolute atomic E-state index is 11.3. The highest BCUT2D eigenvalue weighted by atomic mass is 16.6. The molecule has 0 aromatic rings. The molecule has 8 heteroatoms. The van der Waals surface area contributed by atoms with Crippen molar-refractivity contribution in [3.05, 3.63) is 25.3 Å². The van der Waals surface area contributed by atoms with Crippen molar-refractivity contribution < 1.29 is 38.8 Å². The Balaban J connectivity index is 4.48. The summed E-state index contributed by atoms with van der Waals surface area (Å²) in [5.74, 6) is -2.66. The first-order chi connectivity index (χ1) is 9.44. The molecule has 0 heterocycles. The fourth-order valence-corrected chi connectivity index (χ4v) is 0.902. The van der Waals surface area contributed by atoms with Gasteiger partial charge in [0.2, 0.25) is 0 Å². The number of aliphatic hydroxyl groups is 2. The van der Waals surface area contributed by atoms with E-state index in [4.69, 9.17) is 14.9 Å². The van der Waals surface area contributed by atoms with Crippen molar-refractivity contribution in [3.8, 4) is 0 Å². The van der Waals surface area contributed by atoms with Gasteiger partial charge in [-0.15, -0.1) is 0 Å². The van der Waals surface area contributed by atoms with Crippen LogP contribution in [0.25, 0.3) is 0 Å². The van der Waals surface area contributed by atoms with Gasteiger partial charge in [-0.25, -0.2) is 14.4 Å². The quantitative estimate of drug-likeness (QED) is 0.305. The smallest absolute Gasteiger partial charge is 0.337 e. The molecule has 2 N–H and O–H groups in total. The lowest BCUT2D eigenvalue weighted by molar-refractivity contribution is -0.172. The van der Waals surface area contributed by atoms with Crippen molar-refractivity contribution in [2.24, 2.45) is 0 Å². The van der Waals surface area contributed by atoms with Crippen LogP contribution in [-0.4, -0.2) is 60.1 Å². The standard InChI is InChI=1S/C12H16O8/c1-3-10(15)18-6-8(7-19-11(16)4-2)20-12(17)9(14)5-13/h3-4,8-9,13-14H,1-2,5-7H2. The maximum atomic E-state index is 11.3. The van der Waals surface area contributed by atoms with Crippen molar-refractivity contribution in [1.29, 1.82) is 0 Å². The van der Waals surface area contributed by atoms with Crippen LogP contribution in [0.2, 0.25) is 0 Å². The number of rotatable bonds is 9. The molecule has 112 valence electrons. The van der Waals surface area contributed by atoms with E-state index in [0.29, 0.717) is 0 Å². The monoisotopic (exact) mass is 288 g/mol. The van der Waals surface area contributed by atoms with E-state index in [1.165, 1.54) is 0 Å². The number of carbonyl (C=O) groups excluding carboxylic acids is 3. The minimum atomic E-state index is -1.73. The highest BCUT2D eigenvalue weighted by Gasteiger charge is 2.23. The van der Waals surface area contributed by atoms with E-state index in [1.807, 2.05) is 0 Å². The Morgan fingerprint density at radius 3 is 1.85 bits per heavy atom. The second-order valence-electron chi connectivity index (χ2n) is 3.43. The normalized spacial score (nSPS) is 11.3. The van der Waals surface area contributed by atoms with Crippen molar-refractivity contribution in [1.82, 2.24) is 0 Å². The topological polar surface area (TPSA) is 119 Å². The summed E-state index contributed by atoms with van der Waals surface area (Å²) >= 11 is 0. The Morgan fingerprint density at radius 2 is 1.50 bits per heavy atom. The summed E-state index contributed by atoms with van der Waals surface area (Å²) in [6.45, 7) is 4.71. The average Bonchev–Trinajstić information content (AvgIpc) is 2.47. The van der Waals surface area contributed by atoms with Crippen LogP contribution in [0.1, 0.15) is 0 Å². The molecule has 8 nitrogen and oxygen atoms in total. The second-order valence-corrected chi connectivity index (χ2v) is 3.43. The highest BCUT2D eigenvalue weighted by Crippen LogP contribution is 2.00. The first-order valence-corrected chi connectivity index (χ1v) is 5.52. The van der Waals surface area contributed by atoms with Gasteiger partial charge in [-0.3, -0.25) is 0 Å². The maximum Gasteiger partial charge on any atom is 0.337 e. The first-order valence-electron chi connectivity index (χ1n) is 5.52. The van der Waals surface area contributed by atoms with Crippen LogP contribution in [0, 0.1) is 0 Å². The molecular formula is C12H16O8. The molecule has 1 atom stereocenters. The van der Waals surface area contributed by atoms with E-state index in [-0.39, 0.29) is 0 Å². The van der Waals surface area contributed by atoms with Crippen molar-refractivity contribution in [2.75, 3.05) is 19.8 Å². The van der Waals surface area contributed by atoms with Gasteiger partial charge in [0.05, 0.1) is 6.61 Å². The van der Waals surface area contributed by atoms with Crippen LogP contribution < -0.4 is 0 Å². The van der Waals surface area contributed by atoms with Crippen LogP contribution in [-0.2, 0) is 28.6 Å². The number of hydrogen-bond donors (Lipinski definition) is 2. The summed E-state index contributed by atoms with van der Waals surface area (Å²) in [7, 11) is 0. The van der Waals surface area contributed by atoms with E-state index in [2.05, 4.69) is 22.6 Å². The number of ether oxygens (including phenoxy) is 3. The summed E-state index contributed by atoms with van der Waals surface area (Å²) in [5, 5.41) is 17.6. The van der Waals surface area contributed by atoms with Crippen molar-refractivity contribution in [2.45, 2.75) is 12.2 Å². The molecule has 0 rings (SSSR count). The van der Waals surface area contributed by atoms with Gasteiger partial charge >= 0.3 is 17.9 Å². The van der Waals surface area contributed by atoms with Gasteiger partial charge in [0.15, 0.2) is 12.2 Å².